The normalized spacial score (nSPS) is 13.6. The Labute approximate surface area is 125 Å². The Bertz CT molecular complexity index is 647. The van der Waals surface area contributed by atoms with Crippen LogP contribution in [0, 0.1) is 0 Å². The Hall–Kier alpha value is -1.69. The highest BCUT2D eigenvalue weighted by Crippen LogP contribution is 2.44. The van der Waals surface area contributed by atoms with E-state index in [-0.39, 0.29) is 0 Å². The van der Waals surface area contributed by atoms with Crippen molar-refractivity contribution in [2.24, 2.45) is 7.05 Å². The SMILES string of the molecule is CCc1c2c(cc(Br)c1-c1cc(N)n(C)n1)OCCO2. The predicted octanol–water partition coefficient (Wildman–Crippen LogP) is 2.77. The molecule has 0 amide bonds. The lowest BCUT2D eigenvalue weighted by atomic mass is 10.0. The highest BCUT2D eigenvalue weighted by Gasteiger charge is 2.23. The molecule has 5 nitrogen and oxygen atoms in total. The number of hydrogen-bond donors (Lipinski definition) is 1. The lowest BCUT2D eigenvalue weighted by Gasteiger charge is -2.23. The minimum Gasteiger partial charge on any atom is -0.486 e. The van der Waals surface area contributed by atoms with Crippen LogP contribution in [0.5, 0.6) is 11.5 Å². The molecule has 0 saturated carbocycles. The van der Waals surface area contributed by atoms with Gasteiger partial charge in [0.15, 0.2) is 11.5 Å². The summed E-state index contributed by atoms with van der Waals surface area (Å²) in [6, 6.07) is 3.81. The van der Waals surface area contributed by atoms with Crippen molar-refractivity contribution in [2.45, 2.75) is 13.3 Å². The largest absolute Gasteiger partial charge is 0.486 e. The van der Waals surface area contributed by atoms with E-state index in [1.165, 1.54) is 0 Å². The van der Waals surface area contributed by atoms with E-state index in [0.717, 1.165) is 39.2 Å². The molecule has 6 heteroatoms. The van der Waals surface area contributed by atoms with Crippen LogP contribution in [0.25, 0.3) is 11.3 Å². The number of aryl methyl sites for hydroxylation is 1. The van der Waals surface area contributed by atoms with Gasteiger partial charge in [0.05, 0.1) is 5.69 Å². The summed E-state index contributed by atoms with van der Waals surface area (Å²) < 4.78 is 14.1. The minimum atomic E-state index is 0.575. The smallest absolute Gasteiger partial charge is 0.165 e. The van der Waals surface area contributed by atoms with E-state index in [4.69, 9.17) is 15.2 Å². The average molecular weight is 338 g/mol. The first kappa shape index (κ1) is 13.3. The second-order valence-electron chi connectivity index (χ2n) is 4.67. The number of nitrogens with two attached hydrogens (primary N) is 1. The molecule has 0 radical (unpaired) electrons. The summed E-state index contributed by atoms with van der Waals surface area (Å²) in [7, 11) is 1.83. The van der Waals surface area contributed by atoms with Crippen molar-refractivity contribution in [3.8, 4) is 22.8 Å². The zero-order valence-corrected chi connectivity index (χ0v) is 13.0. The summed E-state index contributed by atoms with van der Waals surface area (Å²) >= 11 is 3.61. The summed E-state index contributed by atoms with van der Waals surface area (Å²) in [5.74, 6) is 2.23. The maximum Gasteiger partial charge on any atom is 0.165 e. The standard InChI is InChI=1S/C14H16BrN3O2/c1-3-8-13(10-7-12(16)18(2)17-10)9(15)6-11-14(8)20-5-4-19-11/h6-7H,3-5,16H2,1-2H3. The first-order valence-electron chi connectivity index (χ1n) is 6.52. The topological polar surface area (TPSA) is 62.3 Å². The van der Waals surface area contributed by atoms with Crippen LogP contribution in [0.3, 0.4) is 0 Å². The molecule has 0 bridgehead atoms. The molecule has 0 aliphatic carbocycles. The predicted molar refractivity (Wildman–Crippen MR) is 81.1 cm³/mol. The average Bonchev–Trinajstić information content (AvgIpc) is 2.76. The number of nitrogen functional groups attached to an aromatic ring is 1. The minimum absolute atomic E-state index is 0.575. The summed E-state index contributed by atoms with van der Waals surface area (Å²) in [5.41, 5.74) is 8.83. The van der Waals surface area contributed by atoms with Gasteiger partial charge in [0.2, 0.25) is 0 Å². The molecule has 0 saturated heterocycles. The second-order valence-corrected chi connectivity index (χ2v) is 5.52. The van der Waals surface area contributed by atoms with Crippen molar-refractivity contribution >= 4 is 21.7 Å². The van der Waals surface area contributed by atoms with Gasteiger partial charge in [0.1, 0.15) is 19.0 Å². The summed E-state index contributed by atoms with van der Waals surface area (Å²) in [5, 5.41) is 4.46. The number of ether oxygens (including phenoxy) is 2. The van der Waals surface area contributed by atoms with Crippen molar-refractivity contribution in [1.82, 2.24) is 9.78 Å². The lowest BCUT2D eigenvalue weighted by molar-refractivity contribution is 0.170. The van der Waals surface area contributed by atoms with Gasteiger partial charge in [0, 0.05) is 28.7 Å². The highest BCUT2D eigenvalue weighted by molar-refractivity contribution is 9.10. The van der Waals surface area contributed by atoms with Crippen LogP contribution in [0.15, 0.2) is 16.6 Å². The molecule has 1 aromatic carbocycles. The summed E-state index contributed by atoms with van der Waals surface area (Å²) in [6.45, 7) is 3.25. The Morgan fingerprint density at radius 3 is 2.75 bits per heavy atom. The molecule has 0 fully saturated rings. The number of rotatable bonds is 2. The van der Waals surface area contributed by atoms with Crippen LogP contribution < -0.4 is 15.2 Å². The summed E-state index contributed by atoms with van der Waals surface area (Å²) in [4.78, 5) is 0. The van der Waals surface area contributed by atoms with Crippen molar-refractivity contribution in [2.75, 3.05) is 18.9 Å². The van der Waals surface area contributed by atoms with Crippen LogP contribution in [-0.4, -0.2) is 23.0 Å². The van der Waals surface area contributed by atoms with Gasteiger partial charge in [-0.3, -0.25) is 4.68 Å². The molecular weight excluding hydrogens is 322 g/mol. The molecule has 0 atom stereocenters. The Balaban J connectivity index is 2.24. The molecule has 2 heterocycles. The van der Waals surface area contributed by atoms with Crippen LogP contribution >= 0.6 is 15.9 Å². The number of aromatic nitrogens is 2. The van der Waals surface area contributed by atoms with Crippen molar-refractivity contribution < 1.29 is 9.47 Å². The third kappa shape index (κ3) is 2.04. The number of nitrogens with zero attached hydrogens (tertiary/aromatic N) is 2. The van der Waals surface area contributed by atoms with Crippen molar-refractivity contribution in [3.63, 3.8) is 0 Å². The first-order valence-corrected chi connectivity index (χ1v) is 7.32. The fraction of sp³-hybridized carbons (Fsp3) is 0.357. The maximum absolute atomic E-state index is 5.89. The highest BCUT2D eigenvalue weighted by atomic mass is 79.9. The number of hydrogen-bond acceptors (Lipinski definition) is 4. The van der Waals surface area contributed by atoms with Crippen LogP contribution in [0.1, 0.15) is 12.5 Å². The van der Waals surface area contributed by atoms with Gasteiger partial charge < -0.3 is 15.2 Å². The lowest BCUT2D eigenvalue weighted by Crippen LogP contribution is -2.17. The molecule has 3 rings (SSSR count). The first-order chi connectivity index (χ1) is 9.61. The molecular formula is C14H16BrN3O2. The fourth-order valence-corrected chi connectivity index (χ4v) is 3.09. The molecule has 2 N–H and O–H groups in total. The van der Waals surface area contributed by atoms with E-state index in [9.17, 15) is 0 Å². The molecule has 1 aliphatic rings. The van der Waals surface area contributed by atoms with Gasteiger partial charge in [-0.2, -0.15) is 5.10 Å². The van der Waals surface area contributed by atoms with Gasteiger partial charge in [-0.25, -0.2) is 0 Å². The quantitative estimate of drug-likeness (QED) is 0.915. The molecule has 0 unspecified atom stereocenters. The maximum atomic E-state index is 5.89. The van der Waals surface area contributed by atoms with Gasteiger partial charge in [-0.1, -0.05) is 6.92 Å². The monoisotopic (exact) mass is 337 g/mol. The van der Waals surface area contributed by atoms with E-state index in [0.29, 0.717) is 19.0 Å². The van der Waals surface area contributed by atoms with E-state index in [2.05, 4.69) is 28.0 Å². The molecule has 106 valence electrons. The Kier molecular flexibility index (Phi) is 3.33. The van der Waals surface area contributed by atoms with Crippen LogP contribution in [0.2, 0.25) is 0 Å². The van der Waals surface area contributed by atoms with Crippen molar-refractivity contribution in [3.05, 3.63) is 22.2 Å². The zero-order valence-electron chi connectivity index (χ0n) is 11.4. The van der Waals surface area contributed by atoms with Crippen molar-refractivity contribution in [1.29, 1.82) is 0 Å². The van der Waals surface area contributed by atoms with Crippen LogP contribution in [-0.2, 0) is 13.5 Å². The molecule has 1 aliphatic heterocycles. The van der Waals surface area contributed by atoms with E-state index >= 15 is 0 Å². The van der Waals surface area contributed by atoms with E-state index in [1.54, 1.807) is 4.68 Å². The Morgan fingerprint density at radius 2 is 2.10 bits per heavy atom. The van der Waals surface area contributed by atoms with Gasteiger partial charge in [-0.15, -0.1) is 0 Å². The molecule has 20 heavy (non-hydrogen) atoms. The number of anilines is 1. The van der Waals surface area contributed by atoms with Gasteiger partial charge >= 0.3 is 0 Å². The third-order valence-corrected chi connectivity index (χ3v) is 4.03. The third-order valence-electron chi connectivity index (χ3n) is 3.41. The van der Waals surface area contributed by atoms with E-state index in [1.807, 2.05) is 19.2 Å². The molecule has 0 spiro atoms. The van der Waals surface area contributed by atoms with Gasteiger partial charge in [0.25, 0.3) is 0 Å². The van der Waals surface area contributed by atoms with Crippen LogP contribution in [0.4, 0.5) is 5.82 Å². The Morgan fingerprint density at radius 1 is 1.35 bits per heavy atom. The second kappa shape index (κ2) is 5.01. The number of fused-ring (bicyclic) bond motifs is 1. The molecule has 2 aromatic rings. The van der Waals surface area contributed by atoms with Gasteiger partial charge in [-0.05, 0) is 28.4 Å². The zero-order chi connectivity index (χ0) is 14.3. The fourth-order valence-electron chi connectivity index (χ4n) is 2.44. The summed E-state index contributed by atoms with van der Waals surface area (Å²) in [6.07, 6.45) is 0.830. The number of halogens is 1. The number of benzene rings is 1. The van der Waals surface area contributed by atoms with E-state index < -0.39 is 0 Å². The molecule has 1 aromatic heterocycles.